The molecule has 1 aromatic heterocycles. The first-order valence-electron chi connectivity index (χ1n) is 5.79. The molecule has 0 N–H and O–H groups in total. The maximum Gasteiger partial charge on any atom is 0.133 e. The van der Waals surface area contributed by atoms with Crippen molar-refractivity contribution in [2.24, 2.45) is 0 Å². The van der Waals surface area contributed by atoms with Crippen LogP contribution in [0.25, 0.3) is 0 Å². The Morgan fingerprint density at radius 1 is 1.33 bits per heavy atom. The predicted molar refractivity (Wildman–Crippen MR) is 62.3 cm³/mol. The number of nitrogens with zero attached hydrogens (tertiary/aromatic N) is 2. The highest BCUT2D eigenvalue weighted by atomic mass is 35.5. The van der Waals surface area contributed by atoms with Gasteiger partial charge < -0.3 is 0 Å². The Hall–Kier alpha value is -0.630. The van der Waals surface area contributed by atoms with E-state index in [2.05, 4.69) is 23.8 Å². The normalized spacial score (nSPS) is 16.0. The maximum absolute atomic E-state index is 6.03. The molecule has 0 amide bonds. The van der Waals surface area contributed by atoms with Gasteiger partial charge in [0.05, 0.1) is 0 Å². The van der Waals surface area contributed by atoms with E-state index < -0.39 is 0 Å². The Morgan fingerprint density at radius 3 is 2.53 bits per heavy atom. The van der Waals surface area contributed by atoms with Crippen LogP contribution >= 0.6 is 11.6 Å². The SMILES string of the molecule is CCC(CC)c1nc(Cl)cc(C2CC2)n1. The smallest absolute Gasteiger partial charge is 0.133 e. The minimum atomic E-state index is 0.459. The second-order valence-electron chi connectivity index (χ2n) is 4.26. The Bertz CT molecular complexity index is 343. The highest BCUT2D eigenvalue weighted by Gasteiger charge is 2.26. The second-order valence-corrected chi connectivity index (χ2v) is 4.65. The quantitative estimate of drug-likeness (QED) is 0.725. The second kappa shape index (κ2) is 4.48. The summed E-state index contributed by atoms with van der Waals surface area (Å²) >= 11 is 6.03. The summed E-state index contributed by atoms with van der Waals surface area (Å²) in [4.78, 5) is 8.98. The standard InChI is InChI=1S/C12H17ClN2/c1-3-8(4-2)12-14-10(9-5-6-9)7-11(13)15-12/h7-9H,3-6H2,1-2H3. The van der Waals surface area contributed by atoms with Crippen molar-refractivity contribution in [1.29, 1.82) is 0 Å². The fourth-order valence-electron chi connectivity index (χ4n) is 1.88. The molecule has 1 fully saturated rings. The number of rotatable bonds is 4. The first-order valence-corrected chi connectivity index (χ1v) is 6.16. The molecule has 0 bridgehead atoms. The largest absolute Gasteiger partial charge is 0.237 e. The van der Waals surface area contributed by atoms with Crippen LogP contribution in [0.15, 0.2) is 6.07 Å². The van der Waals surface area contributed by atoms with E-state index in [-0.39, 0.29) is 0 Å². The number of hydrogen-bond donors (Lipinski definition) is 0. The van der Waals surface area contributed by atoms with Crippen LogP contribution in [0.5, 0.6) is 0 Å². The first-order chi connectivity index (χ1) is 7.24. The number of aromatic nitrogens is 2. The van der Waals surface area contributed by atoms with Gasteiger partial charge in [-0.25, -0.2) is 9.97 Å². The lowest BCUT2D eigenvalue weighted by atomic mass is 10.0. The van der Waals surface area contributed by atoms with Crippen molar-refractivity contribution < 1.29 is 0 Å². The van der Waals surface area contributed by atoms with Gasteiger partial charge in [0.25, 0.3) is 0 Å². The van der Waals surface area contributed by atoms with Gasteiger partial charge in [0.15, 0.2) is 0 Å². The van der Waals surface area contributed by atoms with E-state index in [9.17, 15) is 0 Å². The van der Waals surface area contributed by atoms with E-state index in [1.54, 1.807) is 0 Å². The Balaban J connectivity index is 2.29. The summed E-state index contributed by atoms with van der Waals surface area (Å²) < 4.78 is 0. The lowest BCUT2D eigenvalue weighted by Gasteiger charge is -2.12. The predicted octanol–water partition coefficient (Wildman–Crippen LogP) is 3.91. The molecule has 82 valence electrons. The van der Waals surface area contributed by atoms with Crippen molar-refractivity contribution in [2.45, 2.75) is 51.4 Å². The fourth-order valence-corrected chi connectivity index (χ4v) is 2.08. The summed E-state index contributed by atoms with van der Waals surface area (Å²) in [6, 6.07) is 1.92. The highest BCUT2D eigenvalue weighted by molar-refractivity contribution is 6.29. The van der Waals surface area contributed by atoms with Gasteiger partial charge in [0.2, 0.25) is 0 Å². The molecular weight excluding hydrogens is 208 g/mol. The third kappa shape index (κ3) is 2.49. The van der Waals surface area contributed by atoms with Gasteiger partial charge in [0, 0.05) is 17.5 Å². The number of halogens is 1. The number of hydrogen-bond acceptors (Lipinski definition) is 2. The Labute approximate surface area is 96.1 Å². The molecule has 1 aromatic rings. The lowest BCUT2D eigenvalue weighted by Crippen LogP contribution is -2.05. The monoisotopic (exact) mass is 224 g/mol. The molecule has 1 saturated carbocycles. The van der Waals surface area contributed by atoms with Crippen LogP contribution in [0.2, 0.25) is 5.15 Å². The molecule has 1 heterocycles. The zero-order chi connectivity index (χ0) is 10.8. The third-order valence-electron chi connectivity index (χ3n) is 3.08. The first kappa shape index (κ1) is 10.9. The van der Waals surface area contributed by atoms with E-state index in [0.29, 0.717) is 17.0 Å². The summed E-state index contributed by atoms with van der Waals surface area (Å²) in [5, 5.41) is 0.605. The van der Waals surface area contributed by atoms with Gasteiger partial charge in [0.1, 0.15) is 11.0 Å². The van der Waals surface area contributed by atoms with Crippen molar-refractivity contribution >= 4 is 11.6 Å². The fraction of sp³-hybridized carbons (Fsp3) is 0.667. The van der Waals surface area contributed by atoms with Crippen molar-refractivity contribution in [2.75, 3.05) is 0 Å². The van der Waals surface area contributed by atoms with E-state index in [1.807, 2.05) is 6.07 Å². The Morgan fingerprint density at radius 2 is 2.00 bits per heavy atom. The van der Waals surface area contributed by atoms with Crippen LogP contribution in [0.1, 0.15) is 62.9 Å². The summed E-state index contributed by atoms with van der Waals surface area (Å²) in [6.45, 7) is 4.35. The van der Waals surface area contributed by atoms with Gasteiger partial charge in [-0.05, 0) is 31.7 Å². The van der Waals surface area contributed by atoms with Gasteiger partial charge in [-0.2, -0.15) is 0 Å². The van der Waals surface area contributed by atoms with Crippen LogP contribution in [0, 0.1) is 0 Å². The average molecular weight is 225 g/mol. The van der Waals surface area contributed by atoms with Crippen molar-refractivity contribution in [3.63, 3.8) is 0 Å². The molecular formula is C12H17ClN2. The molecule has 0 aliphatic heterocycles. The molecule has 15 heavy (non-hydrogen) atoms. The van der Waals surface area contributed by atoms with Crippen molar-refractivity contribution in [3.05, 3.63) is 22.7 Å². The zero-order valence-electron chi connectivity index (χ0n) is 9.33. The van der Waals surface area contributed by atoms with Crippen LogP contribution < -0.4 is 0 Å². The molecule has 2 nitrogen and oxygen atoms in total. The zero-order valence-corrected chi connectivity index (χ0v) is 10.1. The van der Waals surface area contributed by atoms with Crippen LogP contribution in [-0.2, 0) is 0 Å². The molecule has 0 atom stereocenters. The highest BCUT2D eigenvalue weighted by Crippen LogP contribution is 2.40. The minimum Gasteiger partial charge on any atom is -0.237 e. The van der Waals surface area contributed by atoms with E-state index in [4.69, 9.17) is 11.6 Å². The molecule has 0 aromatic carbocycles. The van der Waals surface area contributed by atoms with Crippen molar-refractivity contribution in [1.82, 2.24) is 9.97 Å². The summed E-state index contributed by atoms with van der Waals surface area (Å²) in [7, 11) is 0. The molecule has 2 rings (SSSR count). The third-order valence-corrected chi connectivity index (χ3v) is 3.27. The van der Waals surface area contributed by atoms with E-state index in [0.717, 1.165) is 24.4 Å². The maximum atomic E-state index is 6.03. The summed E-state index contributed by atoms with van der Waals surface area (Å²) in [6.07, 6.45) is 4.69. The van der Waals surface area contributed by atoms with Gasteiger partial charge in [-0.1, -0.05) is 25.4 Å². The molecule has 3 heteroatoms. The van der Waals surface area contributed by atoms with Crippen LogP contribution in [0.4, 0.5) is 0 Å². The molecule has 0 spiro atoms. The van der Waals surface area contributed by atoms with Crippen molar-refractivity contribution in [3.8, 4) is 0 Å². The summed E-state index contributed by atoms with van der Waals surface area (Å²) in [5.74, 6) is 2.05. The van der Waals surface area contributed by atoms with E-state index >= 15 is 0 Å². The minimum absolute atomic E-state index is 0.459. The summed E-state index contributed by atoms with van der Waals surface area (Å²) in [5.41, 5.74) is 1.15. The molecule has 0 saturated heterocycles. The van der Waals surface area contributed by atoms with Gasteiger partial charge in [-0.15, -0.1) is 0 Å². The molecule has 0 unspecified atom stereocenters. The van der Waals surface area contributed by atoms with Crippen LogP contribution in [-0.4, -0.2) is 9.97 Å². The van der Waals surface area contributed by atoms with E-state index in [1.165, 1.54) is 12.8 Å². The molecule has 1 aliphatic rings. The van der Waals surface area contributed by atoms with Gasteiger partial charge in [-0.3, -0.25) is 0 Å². The molecule has 0 radical (unpaired) electrons. The lowest BCUT2D eigenvalue weighted by molar-refractivity contribution is 0.597. The average Bonchev–Trinajstić information content (AvgIpc) is 3.02. The topological polar surface area (TPSA) is 25.8 Å². The van der Waals surface area contributed by atoms with Gasteiger partial charge >= 0.3 is 0 Å². The molecule has 1 aliphatic carbocycles. The Kier molecular flexibility index (Phi) is 3.25. The van der Waals surface area contributed by atoms with Crippen LogP contribution in [0.3, 0.4) is 0 Å².